The Morgan fingerprint density at radius 1 is 1.08 bits per heavy atom. The zero-order chi connectivity index (χ0) is 17.6. The molecule has 0 amide bonds. The van der Waals surface area contributed by atoms with Gasteiger partial charge in [0, 0.05) is 22.3 Å². The van der Waals surface area contributed by atoms with Gasteiger partial charge >= 0.3 is 0 Å². The number of benzene rings is 2. The largest absolute Gasteiger partial charge is 0.353 e. The van der Waals surface area contributed by atoms with E-state index in [0.717, 1.165) is 28.3 Å². The number of nitrogens with zero attached hydrogens (tertiary/aromatic N) is 3. The first-order chi connectivity index (χ1) is 12.1. The van der Waals surface area contributed by atoms with Crippen LogP contribution in [0.15, 0.2) is 48.7 Å². The number of aromatic nitrogens is 3. The van der Waals surface area contributed by atoms with Gasteiger partial charge < -0.3 is 10.6 Å². The van der Waals surface area contributed by atoms with E-state index in [1.54, 1.807) is 6.20 Å². The number of anilines is 3. The molecule has 0 unspecified atom stereocenters. The molecule has 2 aromatic carbocycles. The second kappa shape index (κ2) is 8.14. The molecule has 0 atom stereocenters. The molecule has 7 heteroatoms. The highest BCUT2D eigenvalue weighted by Crippen LogP contribution is 2.22. The van der Waals surface area contributed by atoms with Crippen LogP contribution in [0.5, 0.6) is 0 Å². The van der Waals surface area contributed by atoms with Gasteiger partial charge in [-0.05, 0) is 48.7 Å². The van der Waals surface area contributed by atoms with Crippen molar-refractivity contribution in [2.75, 3.05) is 17.2 Å². The van der Waals surface area contributed by atoms with Gasteiger partial charge in [0.25, 0.3) is 0 Å². The zero-order valence-corrected chi connectivity index (χ0v) is 15.1. The molecule has 1 heterocycles. The van der Waals surface area contributed by atoms with E-state index < -0.39 is 0 Å². The molecule has 0 radical (unpaired) electrons. The summed E-state index contributed by atoms with van der Waals surface area (Å²) in [7, 11) is 0. The number of aryl methyl sites for hydroxylation is 1. The summed E-state index contributed by atoms with van der Waals surface area (Å²) in [6.45, 7) is 2.64. The second-order valence-electron chi connectivity index (χ2n) is 5.56. The fourth-order valence-corrected chi connectivity index (χ4v) is 2.66. The molecule has 0 saturated carbocycles. The van der Waals surface area contributed by atoms with Crippen molar-refractivity contribution in [3.8, 4) is 0 Å². The first-order valence-corrected chi connectivity index (χ1v) is 8.57. The van der Waals surface area contributed by atoms with Gasteiger partial charge in [0.15, 0.2) is 5.82 Å². The predicted octanol–water partition coefficient (Wildman–Crippen LogP) is 4.89. The molecule has 25 heavy (non-hydrogen) atoms. The van der Waals surface area contributed by atoms with Crippen LogP contribution in [0.3, 0.4) is 0 Å². The Balaban J connectivity index is 1.60. The molecule has 3 rings (SSSR count). The van der Waals surface area contributed by atoms with E-state index in [2.05, 4.69) is 25.8 Å². The minimum absolute atomic E-state index is 0.463. The summed E-state index contributed by atoms with van der Waals surface area (Å²) in [5, 5.41) is 15.7. The average molecular weight is 374 g/mol. The first kappa shape index (κ1) is 17.5. The van der Waals surface area contributed by atoms with Crippen LogP contribution < -0.4 is 10.6 Å². The number of rotatable bonds is 6. The minimum atomic E-state index is 0.463. The molecule has 0 aliphatic heterocycles. The molecule has 0 fully saturated rings. The Bertz CT molecular complexity index is 870. The topological polar surface area (TPSA) is 62.7 Å². The van der Waals surface area contributed by atoms with Crippen molar-refractivity contribution >= 4 is 40.7 Å². The summed E-state index contributed by atoms with van der Waals surface area (Å²) >= 11 is 12.1. The molecule has 0 aliphatic rings. The fourth-order valence-electron chi connectivity index (χ4n) is 2.27. The van der Waals surface area contributed by atoms with E-state index in [-0.39, 0.29) is 0 Å². The fraction of sp³-hybridized carbons (Fsp3) is 0.167. The molecule has 1 aromatic heterocycles. The third kappa shape index (κ3) is 5.05. The van der Waals surface area contributed by atoms with Crippen LogP contribution in [0.4, 0.5) is 17.5 Å². The van der Waals surface area contributed by atoms with Gasteiger partial charge in [-0.2, -0.15) is 10.1 Å². The van der Waals surface area contributed by atoms with E-state index >= 15 is 0 Å². The predicted molar refractivity (Wildman–Crippen MR) is 103 cm³/mol. The number of nitrogens with one attached hydrogen (secondary N) is 2. The molecule has 3 aromatic rings. The first-order valence-electron chi connectivity index (χ1n) is 7.81. The van der Waals surface area contributed by atoms with Gasteiger partial charge in [0.1, 0.15) is 0 Å². The lowest BCUT2D eigenvalue weighted by Gasteiger charge is -2.09. The van der Waals surface area contributed by atoms with E-state index in [4.69, 9.17) is 23.2 Å². The molecule has 5 nitrogen and oxygen atoms in total. The summed E-state index contributed by atoms with van der Waals surface area (Å²) in [5.74, 6) is 1.06. The summed E-state index contributed by atoms with van der Waals surface area (Å²) in [5.41, 5.74) is 3.02. The van der Waals surface area contributed by atoms with Crippen molar-refractivity contribution in [2.45, 2.75) is 13.3 Å². The normalized spacial score (nSPS) is 10.5. The van der Waals surface area contributed by atoms with Gasteiger partial charge in [0.2, 0.25) is 5.95 Å². The standard InChI is InChI=1S/C18H17Cl2N5/c1-12-5-6-15(10-16(12)20)23-17-11-22-25-18(24-17)21-8-7-13-3-2-4-14(19)9-13/h2-6,9-11H,7-8H2,1H3,(H2,21,23,24,25). The summed E-state index contributed by atoms with van der Waals surface area (Å²) in [6, 6.07) is 13.5. The Morgan fingerprint density at radius 2 is 1.96 bits per heavy atom. The lowest BCUT2D eigenvalue weighted by molar-refractivity contribution is 0.929. The Kier molecular flexibility index (Phi) is 5.68. The average Bonchev–Trinajstić information content (AvgIpc) is 2.59. The van der Waals surface area contributed by atoms with Crippen molar-refractivity contribution < 1.29 is 0 Å². The van der Waals surface area contributed by atoms with Gasteiger partial charge in [-0.3, -0.25) is 0 Å². The quantitative estimate of drug-likeness (QED) is 0.644. The maximum absolute atomic E-state index is 6.14. The highest BCUT2D eigenvalue weighted by atomic mass is 35.5. The maximum atomic E-state index is 6.14. The van der Waals surface area contributed by atoms with Crippen LogP contribution in [0.1, 0.15) is 11.1 Å². The second-order valence-corrected chi connectivity index (χ2v) is 6.40. The van der Waals surface area contributed by atoms with Crippen LogP contribution in [0, 0.1) is 6.92 Å². The van der Waals surface area contributed by atoms with Crippen LogP contribution in [0.2, 0.25) is 10.0 Å². The molecule has 2 N–H and O–H groups in total. The van der Waals surface area contributed by atoms with Gasteiger partial charge in [-0.25, -0.2) is 0 Å². The molecule has 0 spiro atoms. The van der Waals surface area contributed by atoms with Crippen LogP contribution in [-0.2, 0) is 6.42 Å². The summed E-state index contributed by atoms with van der Waals surface area (Å²) in [4.78, 5) is 4.40. The molecule has 128 valence electrons. The lowest BCUT2D eigenvalue weighted by Crippen LogP contribution is -2.09. The van der Waals surface area contributed by atoms with Gasteiger partial charge in [0.05, 0.1) is 6.20 Å². The van der Waals surface area contributed by atoms with E-state index in [1.807, 2.05) is 49.4 Å². The van der Waals surface area contributed by atoms with Crippen LogP contribution in [-0.4, -0.2) is 21.7 Å². The molecular weight excluding hydrogens is 357 g/mol. The van der Waals surface area contributed by atoms with E-state index in [9.17, 15) is 0 Å². The van der Waals surface area contributed by atoms with E-state index in [1.165, 1.54) is 0 Å². The number of halogens is 2. The summed E-state index contributed by atoms with van der Waals surface area (Å²) < 4.78 is 0. The van der Waals surface area contributed by atoms with Gasteiger partial charge in [-0.1, -0.05) is 41.4 Å². The van der Waals surface area contributed by atoms with Crippen molar-refractivity contribution in [1.82, 2.24) is 15.2 Å². The molecule has 0 bridgehead atoms. The molecule has 0 saturated heterocycles. The highest BCUT2D eigenvalue weighted by Gasteiger charge is 2.03. The third-order valence-electron chi connectivity index (χ3n) is 3.59. The number of hydrogen-bond acceptors (Lipinski definition) is 5. The van der Waals surface area contributed by atoms with Crippen molar-refractivity contribution in [1.29, 1.82) is 0 Å². The van der Waals surface area contributed by atoms with Gasteiger partial charge in [-0.15, -0.1) is 5.10 Å². The molecular formula is C18H17Cl2N5. The number of hydrogen-bond donors (Lipinski definition) is 2. The SMILES string of the molecule is Cc1ccc(Nc2cnnc(NCCc3cccc(Cl)c3)n2)cc1Cl. The monoisotopic (exact) mass is 373 g/mol. The minimum Gasteiger partial charge on any atom is -0.353 e. The maximum Gasteiger partial charge on any atom is 0.244 e. The lowest BCUT2D eigenvalue weighted by atomic mass is 10.1. The zero-order valence-electron chi connectivity index (χ0n) is 13.6. The van der Waals surface area contributed by atoms with E-state index in [0.29, 0.717) is 23.3 Å². The Labute approximate surface area is 156 Å². The van der Waals surface area contributed by atoms with Crippen LogP contribution in [0.25, 0.3) is 0 Å². The summed E-state index contributed by atoms with van der Waals surface area (Å²) in [6.07, 6.45) is 2.38. The third-order valence-corrected chi connectivity index (χ3v) is 4.23. The van der Waals surface area contributed by atoms with Crippen LogP contribution >= 0.6 is 23.2 Å². The molecule has 0 aliphatic carbocycles. The highest BCUT2D eigenvalue weighted by molar-refractivity contribution is 6.31. The van der Waals surface area contributed by atoms with Crippen molar-refractivity contribution in [3.05, 3.63) is 69.8 Å². The smallest absolute Gasteiger partial charge is 0.244 e. The Morgan fingerprint density at radius 3 is 2.76 bits per heavy atom. The Hall–Kier alpha value is -2.37. The van der Waals surface area contributed by atoms with Crippen molar-refractivity contribution in [2.24, 2.45) is 0 Å². The van der Waals surface area contributed by atoms with Crippen molar-refractivity contribution in [3.63, 3.8) is 0 Å².